The Bertz CT molecular complexity index is 164. The minimum atomic E-state index is -1.20. The van der Waals surface area contributed by atoms with Crippen molar-refractivity contribution in [3.05, 3.63) is 0 Å². The number of aliphatic hydroxyl groups is 3. The Kier molecular flexibility index (Phi) is 3.63. The van der Waals surface area contributed by atoms with Gasteiger partial charge < -0.3 is 25.0 Å². The van der Waals surface area contributed by atoms with Gasteiger partial charge in [-0.2, -0.15) is 0 Å². The third-order valence-corrected chi connectivity index (χ3v) is 2.39. The number of ether oxygens (including phenoxy) is 1. The Morgan fingerprint density at radius 1 is 1.38 bits per heavy atom. The average Bonchev–Trinajstić information content (AvgIpc) is 2.09. The molecule has 0 aromatic heterocycles. The van der Waals surface area contributed by atoms with Crippen LogP contribution in [-0.4, -0.2) is 65.5 Å². The van der Waals surface area contributed by atoms with Gasteiger partial charge in [0.2, 0.25) is 0 Å². The van der Waals surface area contributed by atoms with Crippen molar-refractivity contribution < 1.29 is 20.1 Å². The second kappa shape index (κ2) is 4.34. The van der Waals surface area contributed by atoms with Crippen molar-refractivity contribution in [2.75, 3.05) is 20.7 Å². The van der Waals surface area contributed by atoms with Crippen molar-refractivity contribution in [2.45, 2.75) is 31.0 Å². The highest BCUT2D eigenvalue weighted by Gasteiger charge is 2.37. The minimum Gasteiger partial charge on any atom is -0.394 e. The van der Waals surface area contributed by atoms with Gasteiger partial charge in [0.05, 0.1) is 12.7 Å². The summed E-state index contributed by atoms with van der Waals surface area (Å²) in [7, 11) is 3.64. The summed E-state index contributed by atoms with van der Waals surface area (Å²) in [4.78, 5) is 1.82. The predicted octanol–water partition coefficient (Wildman–Crippen LogP) is -1.62. The molecule has 1 saturated heterocycles. The van der Waals surface area contributed by atoms with E-state index in [1.54, 1.807) is 0 Å². The van der Waals surface area contributed by atoms with Crippen LogP contribution in [0.3, 0.4) is 0 Å². The van der Waals surface area contributed by atoms with Gasteiger partial charge in [-0.1, -0.05) is 0 Å². The summed E-state index contributed by atoms with van der Waals surface area (Å²) in [5.41, 5.74) is 0. The van der Waals surface area contributed by atoms with Crippen molar-refractivity contribution in [1.82, 2.24) is 4.90 Å². The lowest BCUT2D eigenvalue weighted by atomic mass is 9.99. The van der Waals surface area contributed by atoms with E-state index in [0.717, 1.165) is 0 Å². The Morgan fingerprint density at radius 3 is 2.46 bits per heavy atom. The third kappa shape index (κ3) is 2.38. The van der Waals surface area contributed by atoms with Crippen LogP contribution in [0.25, 0.3) is 0 Å². The molecule has 1 rings (SSSR count). The van der Waals surface area contributed by atoms with Crippen LogP contribution in [-0.2, 0) is 4.74 Å². The van der Waals surface area contributed by atoms with E-state index in [0.29, 0.717) is 6.42 Å². The first-order valence-electron chi connectivity index (χ1n) is 4.35. The van der Waals surface area contributed by atoms with Crippen LogP contribution in [0.4, 0.5) is 0 Å². The maximum Gasteiger partial charge on any atom is 0.182 e. The Morgan fingerprint density at radius 2 is 2.00 bits per heavy atom. The topological polar surface area (TPSA) is 73.2 Å². The quantitative estimate of drug-likeness (QED) is 0.489. The zero-order valence-corrected chi connectivity index (χ0v) is 7.92. The monoisotopic (exact) mass is 191 g/mol. The average molecular weight is 191 g/mol. The van der Waals surface area contributed by atoms with E-state index in [1.807, 2.05) is 19.0 Å². The highest BCUT2D eigenvalue weighted by molar-refractivity contribution is 4.85. The molecule has 0 amide bonds. The maximum absolute atomic E-state index is 9.52. The van der Waals surface area contributed by atoms with E-state index in [1.165, 1.54) is 0 Å². The number of rotatable bonds is 2. The third-order valence-electron chi connectivity index (χ3n) is 2.39. The van der Waals surface area contributed by atoms with Crippen LogP contribution in [0.5, 0.6) is 0 Å². The van der Waals surface area contributed by atoms with E-state index in [2.05, 4.69) is 0 Å². The van der Waals surface area contributed by atoms with Crippen LogP contribution in [0, 0.1) is 0 Å². The first-order chi connectivity index (χ1) is 6.06. The van der Waals surface area contributed by atoms with Gasteiger partial charge in [0.15, 0.2) is 6.29 Å². The molecule has 13 heavy (non-hydrogen) atoms. The smallest absolute Gasteiger partial charge is 0.182 e. The molecule has 5 heteroatoms. The number of hydrogen-bond acceptors (Lipinski definition) is 5. The number of hydrogen-bond donors (Lipinski definition) is 3. The molecule has 1 heterocycles. The Labute approximate surface area is 77.5 Å². The van der Waals surface area contributed by atoms with Gasteiger partial charge in [0, 0.05) is 6.04 Å². The lowest BCUT2D eigenvalue weighted by Crippen LogP contribution is -2.54. The molecule has 0 aromatic rings. The highest BCUT2D eigenvalue weighted by Crippen LogP contribution is 2.21. The van der Waals surface area contributed by atoms with Gasteiger partial charge >= 0.3 is 0 Å². The zero-order valence-electron chi connectivity index (χ0n) is 7.92. The largest absolute Gasteiger partial charge is 0.394 e. The van der Waals surface area contributed by atoms with Gasteiger partial charge in [0.1, 0.15) is 6.10 Å². The van der Waals surface area contributed by atoms with E-state index >= 15 is 0 Å². The second-order valence-corrected chi connectivity index (χ2v) is 3.59. The molecule has 0 bridgehead atoms. The van der Waals surface area contributed by atoms with Crippen molar-refractivity contribution in [2.24, 2.45) is 0 Å². The standard InChI is InChI=1S/C8H17NO4/c1-9(2)6-3-5(4-10)13-8(12)7(6)11/h5-8,10-12H,3-4H2,1-2H3/t5?,6?,7?,8-/m1/s1. The lowest BCUT2D eigenvalue weighted by Gasteiger charge is -2.39. The molecule has 0 spiro atoms. The van der Waals surface area contributed by atoms with Crippen LogP contribution in [0.1, 0.15) is 6.42 Å². The molecule has 1 aliphatic heterocycles. The molecule has 1 aliphatic rings. The fourth-order valence-corrected chi connectivity index (χ4v) is 1.57. The first kappa shape index (κ1) is 10.9. The van der Waals surface area contributed by atoms with Gasteiger partial charge in [-0.05, 0) is 20.5 Å². The summed E-state index contributed by atoms with van der Waals surface area (Å²) >= 11 is 0. The van der Waals surface area contributed by atoms with Gasteiger partial charge in [-0.15, -0.1) is 0 Å². The van der Waals surface area contributed by atoms with E-state index in [-0.39, 0.29) is 18.8 Å². The fourth-order valence-electron chi connectivity index (χ4n) is 1.57. The van der Waals surface area contributed by atoms with Crippen molar-refractivity contribution >= 4 is 0 Å². The predicted molar refractivity (Wildman–Crippen MR) is 46.1 cm³/mol. The molecule has 4 atom stereocenters. The molecule has 3 unspecified atom stereocenters. The molecule has 1 fully saturated rings. The zero-order chi connectivity index (χ0) is 10.0. The Balaban J connectivity index is 2.60. The highest BCUT2D eigenvalue weighted by atomic mass is 16.6. The van der Waals surface area contributed by atoms with Gasteiger partial charge in [0.25, 0.3) is 0 Å². The normalized spacial score (nSPS) is 41.1. The number of aliphatic hydroxyl groups excluding tert-OH is 3. The molecular weight excluding hydrogens is 174 g/mol. The van der Waals surface area contributed by atoms with E-state index < -0.39 is 12.4 Å². The summed E-state index contributed by atoms with van der Waals surface area (Å²) in [6.45, 7) is -0.131. The summed E-state index contributed by atoms with van der Waals surface area (Å²) < 4.78 is 4.96. The summed E-state index contributed by atoms with van der Waals surface area (Å²) in [5, 5.41) is 27.7. The summed E-state index contributed by atoms with van der Waals surface area (Å²) in [6.07, 6.45) is -1.95. The lowest BCUT2D eigenvalue weighted by molar-refractivity contribution is -0.239. The number of likely N-dealkylation sites (N-methyl/N-ethyl adjacent to an activating group) is 1. The molecule has 78 valence electrons. The van der Waals surface area contributed by atoms with Crippen LogP contribution >= 0.6 is 0 Å². The molecule has 5 nitrogen and oxygen atoms in total. The maximum atomic E-state index is 9.52. The summed E-state index contributed by atoms with van der Waals surface area (Å²) in [5.74, 6) is 0. The van der Waals surface area contributed by atoms with Gasteiger partial charge in [-0.3, -0.25) is 0 Å². The summed E-state index contributed by atoms with van der Waals surface area (Å²) in [6, 6.07) is -0.166. The molecule has 0 saturated carbocycles. The van der Waals surface area contributed by atoms with E-state index in [4.69, 9.17) is 9.84 Å². The Hall–Kier alpha value is -0.200. The second-order valence-electron chi connectivity index (χ2n) is 3.59. The fraction of sp³-hybridized carbons (Fsp3) is 1.00. The number of nitrogens with zero attached hydrogens (tertiary/aromatic N) is 1. The van der Waals surface area contributed by atoms with Crippen LogP contribution < -0.4 is 0 Å². The van der Waals surface area contributed by atoms with Crippen LogP contribution in [0.2, 0.25) is 0 Å². The van der Waals surface area contributed by atoms with Crippen LogP contribution in [0.15, 0.2) is 0 Å². The first-order valence-corrected chi connectivity index (χ1v) is 4.35. The van der Waals surface area contributed by atoms with Crippen molar-refractivity contribution in [3.8, 4) is 0 Å². The molecule has 0 aliphatic carbocycles. The van der Waals surface area contributed by atoms with Crippen molar-refractivity contribution in [1.29, 1.82) is 0 Å². The van der Waals surface area contributed by atoms with Crippen molar-refractivity contribution in [3.63, 3.8) is 0 Å². The molecular formula is C8H17NO4. The SMILES string of the molecule is CN(C)C1CC(CO)O[C@@H](O)C1O. The molecule has 3 N–H and O–H groups in total. The minimum absolute atomic E-state index is 0.131. The van der Waals surface area contributed by atoms with E-state index in [9.17, 15) is 10.2 Å². The van der Waals surface area contributed by atoms with Gasteiger partial charge in [-0.25, -0.2) is 0 Å². The molecule has 0 aromatic carbocycles. The molecule has 0 radical (unpaired) electrons.